The molecule has 1 aromatic carbocycles. The first-order valence-electron chi connectivity index (χ1n) is 5.48. The van der Waals surface area contributed by atoms with Crippen LogP contribution in [0.5, 0.6) is 5.75 Å². The lowest BCUT2D eigenvalue weighted by molar-refractivity contribution is -0.137. The standard InChI is InChI=1S/C12H15F3N4O/c1-6(19-11(17)18)10(16)8-4-3-7(12(13,14)15)5-9(8)20-2/h3-5H,16H2,1-2H3,(H4,17,18,19)/b10-6-. The van der Waals surface area contributed by atoms with Crippen molar-refractivity contribution in [1.82, 2.24) is 0 Å². The molecular formula is C12H15F3N4O. The van der Waals surface area contributed by atoms with Crippen LogP contribution in [0.1, 0.15) is 18.1 Å². The summed E-state index contributed by atoms with van der Waals surface area (Å²) in [6, 6.07) is 2.99. The number of hydrogen-bond donors (Lipinski definition) is 3. The highest BCUT2D eigenvalue weighted by atomic mass is 19.4. The van der Waals surface area contributed by atoms with E-state index in [1.54, 1.807) is 0 Å². The van der Waals surface area contributed by atoms with E-state index in [1.165, 1.54) is 20.1 Å². The molecule has 8 heteroatoms. The fourth-order valence-electron chi connectivity index (χ4n) is 1.54. The molecule has 1 aromatic rings. The Labute approximate surface area is 113 Å². The van der Waals surface area contributed by atoms with Crippen molar-refractivity contribution in [3.8, 4) is 5.75 Å². The van der Waals surface area contributed by atoms with Gasteiger partial charge in [-0.3, -0.25) is 0 Å². The predicted octanol–water partition coefficient (Wildman–Crippen LogP) is 1.63. The summed E-state index contributed by atoms with van der Waals surface area (Å²) in [6.45, 7) is 1.53. The van der Waals surface area contributed by atoms with Crippen molar-refractivity contribution in [1.29, 1.82) is 0 Å². The van der Waals surface area contributed by atoms with E-state index in [0.29, 0.717) is 0 Å². The number of halogens is 3. The van der Waals surface area contributed by atoms with Gasteiger partial charge in [0.2, 0.25) is 0 Å². The molecule has 20 heavy (non-hydrogen) atoms. The maximum absolute atomic E-state index is 12.6. The summed E-state index contributed by atoms with van der Waals surface area (Å²) in [5.74, 6) is -0.209. The third kappa shape index (κ3) is 3.56. The zero-order valence-corrected chi connectivity index (χ0v) is 11.0. The van der Waals surface area contributed by atoms with E-state index in [4.69, 9.17) is 21.9 Å². The van der Waals surface area contributed by atoms with Gasteiger partial charge in [0.15, 0.2) is 5.96 Å². The zero-order valence-electron chi connectivity index (χ0n) is 11.0. The van der Waals surface area contributed by atoms with Crippen LogP contribution in [0.4, 0.5) is 13.2 Å². The largest absolute Gasteiger partial charge is 0.496 e. The molecule has 1 rings (SSSR count). The fraction of sp³-hybridized carbons (Fsp3) is 0.250. The van der Waals surface area contributed by atoms with Crippen LogP contribution in [0.15, 0.2) is 28.9 Å². The molecule has 0 spiro atoms. The lowest BCUT2D eigenvalue weighted by Crippen LogP contribution is -2.22. The third-order valence-electron chi connectivity index (χ3n) is 2.51. The molecule has 0 unspecified atom stereocenters. The number of alkyl halides is 3. The Morgan fingerprint density at radius 1 is 1.20 bits per heavy atom. The maximum Gasteiger partial charge on any atom is 0.416 e. The number of nitrogens with zero attached hydrogens (tertiary/aromatic N) is 1. The van der Waals surface area contributed by atoms with Gasteiger partial charge in [-0.2, -0.15) is 13.2 Å². The second kappa shape index (κ2) is 5.72. The minimum absolute atomic E-state index is 0.0116. The average Bonchev–Trinajstić information content (AvgIpc) is 2.35. The number of benzene rings is 1. The highest BCUT2D eigenvalue weighted by Crippen LogP contribution is 2.34. The molecule has 0 atom stereocenters. The second-order valence-electron chi connectivity index (χ2n) is 3.95. The van der Waals surface area contributed by atoms with Crippen molar-refractivity contribution in [3.05, 3.63) is 35.0 Å². The van der Waals surface area contributed by atoms with E-state index in [1.807, 2.05) is 0 Å². The lowest BCUT2D eigenvalue weighted by atomic mass is 10.1. The molecule has 0 bridgehead atoms. The van der Waals surface area contributed by atoms with Crippen molar-refractivity contribution in [2.24, 2.45) is 22.2 Å². The van der Waals surface area contributed by atoms with Crippen molar-refractivity contribution in [2.75, 3.05) is 7.11 Å². The molecule has 0 saturated carbocycles. The van der Waals surface area contributed by atoms with Crippen molar-refractivity contribution < 1.29 is 17.9 Å². The van der Waals surface area contributed by atoms with Gasteiger partial charge in [-0.1, -0.05) is 0 Å². The molecule has 6 N–H and O–H groups in total. The Morgan fingerprint density at radius 2 is 1.80 bits per heavy atom. The topological polar surface area (TPSA) is 99.6 Å². The molecule has 110 valence electrons. The summed E-state index contributed by atoms with van der Waals surface area (Å²) < 4.78 is 42.8. The number of rotatable bonds is 3. The third-order valence-corrected chi connectivity index (χ3v) is 2.51. The normalized spacial score (nSPS) is 12.7. The molecule has 0 saturated heterocycles. The first-order chi connectivity index (χ1) is 9.16. The predicted molar refractivity (Wildman–Crippen MR) is 70.6 cm³/mol. The summed E-state index contributed by atoms with van der Waals surface area (Å²) in [4.78, 5) is 3.75. The molecule has 5 nitrogen and oxygen atoms in total. The molecule has 0 aliphatic carbocycles. The summed E-state index contributed by atoms with van der Waals surface area (Å²) in [7, 11) is 1.25. The highest BCUT2D eigenvalue weighted by Gasteiger charge is 2.31. The summed E-state index contributed by atoms with van der Waals surface area (Å²) in [5, 5.41) is 0. The van der Waals surface area contributed by atoms with Crippen molar-refractivity contribution >= 4 is 11.7 Å². The van der Waals surface area contributed by atoms with Crippen LogP contribution in [0.25, 0.3) is 5.70 Å². The molecule has 0 amide bonds. The maximum atomic E-state index is 12.6. The van der Waals surface area contributed by atoms with Gasteiger partial charge in [0.05, 0.1) is 24.1 Å². The van der Waals surface area contributed by atoms with Crippen molar-refractivity contribution in [2.45, 2.75) is 13.1 Å². The Bertz CT molecular complexity index is 560. The number of nitrogens with two attached hydrogens (primary N) is 3. The first-order valence-corrected chi connectivity index (χ1v) is 5.48. The number of aliphatic imine (C=N–C) groups is 1. The smallest absolute Gasteiger partial charge is 0.416 e. The van der Waals surface area contributed by atoms with E-state index >= 15 is 0 Å². The summed E-state index contributed by atoms with van der Waals surface area (Å²) in [5.41, 5.74) is 16.1. The monoisotopic (exact) mass is 288 g/mol. The fourth-order valence-corrected chi connectivity index (χ4v) is 1.54. The van der Waals surface area contributed by atoms with Crippen LogP contribution >= 0.6 is 0 Å². The van der Waals surface area contributed by atoms with E-state index in [2.05, 4.69) is 4.99 Å². The lowest BCUT2D eigenvalue weighted by Gasteiger charge is -2.13. The molecule has 0 aliphatic heterocycles. The van der Waals surface area contributed by atoms with Crippen LogP contribution in [-0.4, -0.2) is 13.1 Å². The number of allylic oxidation sites excluding steroid dienone is 1. The van der Waals surface area contributed by atoms with Gasteiger partial charge in [-0.05, 0) is 25.1 Å². The Morgan fingerprint density at radius 3 is 2.25 bits per heavy atom. The minimum atomic E-state index is -4.46. The zero-order chi connectivity index (χ0) is 15.5. The molecule has 0 aromatic heterocycles. The Kier molecular flexibility index (Phi) is 4.49. The Balaban J connectivity index is 3.37. The minimum Gasteiger partial charge on any atom is -0.496 e. The van der Waals surface area contributed by atoms with Gasteiger partial charge in [-0.25, -0.2) is 4.99 Å². The highest BCUT2D eigenvalue weighted by molar-refractivity contribution is 5.79. The van der Waals surface area contributed by atoms with Gasteiger partial charge >= 0.3 is 6.18 Å². The van der Waals surface area contributed by atoms with E-state index in [9.17, 15) is 13.2 Å². The van der Waals surface area contributed by atoms with Gasteiger partial charge in [0.25, 0.3) is 0 Å². The Hall–Kier alpha value is -2.38. The number of hydrogen-bond acceptors (Lipinski definition) is 3. The van der Waals surface area contributed by atoms with Crippen LogP contribution < -0.4 is 21.9 Å². The van der Waals surface area contributed by atoms with Crippen LogP contribution in [0, 0.1) is 0 Å². The SMILES string of the molecule is COc1cc(C(F)(F)F)ccc1/C(N)=C(\C)N=C(N)N. The summed E-state index contributed by atoms with van der Waals surface area (Å²) in [6.07, 6.45) is -4.46. The van der Waals surface area contributed by atoms with E-state index in [0.717, 1.165) is 12.1 Å². The van der Waals surface area contributed by atoms with Crippen molar-refractivity contribution in [3.63, 3.8) is 0 Å². The van der Waals surface area contributed by atoms with Crippen LogP contribution in [0.3, 0.4) is 0 Å². The molecule has 0 heterocycles. The molecule has 0 fully saturated rings. The van der Waals surface area contributed by atoms with Crippen LogP contribution in [-0.2, 0) is 6.18 Å². The number of methoxy groups -OCH3 is 1. The van der Waals surface area contributed by atoms with Gasteiger partial charge in [-0.15, -0.1) is 0 Å². The second-order valence-corrected chi connectivity index (χ2v) is 3.95. The van der Waals surface area contributed by atoms with E-state index in [-0.39, 0.29) is 28.7 Å². The molecular weight excluding hydrogens is 273 g/mol. The average molecular weight is 288 g/mol. The van der Waals surface area contributed by atoms with Gasteiger partial charge < -0.3 is 21.9 Å². The molecule has 0 aliphatic rings. The van der Waals surface area contributed by atoms with Crippen LogP contribution in [0.2, 0.25) is 0 Å². The molecule has 0 radical (unpaired) electrons. The quantitative estimate of drug-likeness (QED) is 0.581. The summed E-state index contributed by atoms with van der Waals surface area (Å²) >= 11 is 0. The number of ether oxygens (including phenoxy) is 1. The number of guanidine groups is 1. The van der Waals surface area contributed by atoms with Gasteiger partial charge in [0, 0.05) is 5.56 Å². The first kappa shape index (κ1) is 15.7. The van der Waals surface area contributed by atoms with Gasteiger partial charge in [0.1, 0.15) is 5.75 Å². The van der Waals surface area contributed by atoms with E-state index < -0.39 is 11.7 Å².